The molecule has 3 nitrogen and oxygen atoms in total. The standard InChI is InChI=1S/C24H24O3/c1-18(21-9-5-3-6-10-21)17-26-23-14-13-20(16-25)15-24(23)27-19(2)22-11-7-4-8-12-22/h3-16,18-19H,17H2,1-2H3/t18-,19?/m1/s1. The van der Waals surface area contributed by atoms with Gasteiger partial charge in [-0.05, 0) is 36.2 Å². The average molecular weight is 360 g/mol. The molecule has 0 saturated carbocycles. The Morgan fingerprint density at radius 3 is 2.07 bits per heavy atom. The third kappa shape index (κ3) is 4.98. The lowest BCUT2D eigenvalue weighted by Gasteiger charge is -2.20. The molecule has 0 spiro atoms. The van der Waals surface area contributed by atoms with E-state index in [2.05, 4.69) is 19.1 Å². The van der Waals surface area contributed by atoms with Crippen molar-refractivity contribution in [1.29, 1.82) is 0 Å². The van der Waals surface area contributed by atoms with Crippen LogP contribution in [0.3, 0.4) is 0 Å². The van der Waals surface area contributed by atoms with Crippen LogP contribution in [-0.4, -0.2) is 12.9 Å². The normalized spacial score (nSPS) is 12.8. The van der Waals surface area contributed by atoms with Gasteiger partial charge in [-0.2, -0.15) is 0 Å². The van der Waals surface area contributed by atoms with Crippen molar-refractivity contribution in [3.63, 3.8) is 0 Å². The fraction of sp³-hybridized carbons (Fsp3) is 0.208. The highest BCUT2D eigenvalue weighted by Gasteiger charge is 2.14. The number of ether oxygens (including phenoxy) is 2. The van der Waals surface area contributed by atoms with Crippen molar-refractivity contribution >= 4 is 6.29 Å². The smallest absolute Gasteiger partial charge is 0.162 e. The van der Waals surface area contributed by atoms with E-state index in [0.717, 1.165) is 11.8 Å². The van der Waals surface area contributed by atoms with E-state index in [0.29, 0.717) is 23.7 Å². The fourth-order valence-corrected chi connectivity index (χ4v) is 2.88. The summed E-state index contributed by atoms with van der Waals surface area (Å²) in [7, 11) is 0. The Labute approximate surface area is 160 Å². The molecule has 0 bridgehead atoms. The first-order chi connectivity index (χ1) is 13.2. The predicted octanol–water partition coefficient (Wildman–Crippen LogP) is 5.82. The summed E-state index contributed by atoms with van der Waals surface area (Å²) in [5.41, 5.74) is 2.86. The Bertz CT molecular complexity index is 859. The molecule has 1 unspecified atom stereocenters. The number of hydrogen-bond acceptors (Lipinski definition) is 3. The van der Waals surface area contributed by atoms with E-state index in [1.54, 1.807) is 18.2 Å². The second kappa shape index (κ2) is 9.04. The van der Waals surface area contributed by atoms with E-state index in [9.17, 15) is 4.79 Å². The van der Waals surface area contributed by atoms with Crippen LogP contribution in [0.15, 0.2) is 78.9 Å². The first kappa shape index (κ1) is 18.7. The number of rotatable bonds is 8. The van der Waals surface area contributed by atoms with Crippen LogP contribution in [0.1, 0.15) is 47.4 Å². The maximum atomic E-state index is 11.2. The largest absolute Gasteiger partial charge is 0.489 e. The quantitative estimate of drug-likeness (QED) is 0.475. The maximum absolute atomic E-state index is 11.2. The van der Waals surface area contributed by atoms with E-state index in [1.807, 2.05) is 55.5 Å². The molecule has 0 radical (unpaired) electrons. The van der Waals surface area contributed by atoms with Gasteiger partial charge < -0.3 is 9.47 Å². The van der Waals surface area contributed by atoms with Gasteiger partial charge in [0.15, 0.2) is 11.5 Å². The van der Waals surface area contributed by atoms with Crippen LogP contribution >= 0.6 is 0 Å². The first-order valence-corrected chi connectivity index (χ1v) is 9.16. The molecule has 0 N–H and O–H groups in total. The van der Waals surface area contributed by atoms with Crippen molar-refractivity contribution < 1.29 is 14.3 Å². The molecule has 3 aromatic rings. The zero-order valence-corrected chi connectivity index (χ0v) is 15.7. The summed E-state index contributed by atoms with van der Waals surface area (Å²) < 4.78 is 12.2. The molecule has 3 aromatic carbocycles. The number of carbonyl (C=O) groups is 1. The molecule has 2 atom stereocenters. The monoisotopic (exact) mass is 360 g/mol. The molecular formula is C24H24O3. The molecule has 0 heterocycles. The van der Waals surface area contributed by atoms with Gasteiger partial charge in [0.2, 0.25) is 0 Å². The minimum absolute atomic E-state index is 0.151. The van der Waals surface area contributed by atoms with Gasteiger partial charge in [0, 0.05) is 11.5 Å². The van der Waals surface area contributed by atoms with Crippen molar-refractivity contribution in [2.45, 2.75) is 25.9 Å². The minimum atomic E-state index is -0.151. The number of hydrogen-bond donors (Lipinski definition) is 0. The lowest BCUT2D eigenvalue weighted by atomic mass is 10.0. The third-order valence-electron chi connectivity index (χ3n) is 4.53. The molecule has 0 aliphatic heterocycles. The SMILES string of the molecule is CC(Oc1cc(C=O)ccc1OC[C@@H](C)c1ccccc1)c1ccccc1. The molecule has 0 amide bonds. The summed E-state index contributed by atoms with van der Waals surface area (Å²) in [6, 6.07) is 25.5. The highest BCUT2D eigenvalue weighted by molar-refractivity contribution is 5.76. The zero-order valence-electron chi connectivity index (χ0n) is 15.7. The van der Waals surface area contributed by atoms with Crippen molar-refractivity contribution in [2.75, 3.05) is 6.61 Å². The van der Waals surface area contributed by atoms with E-state index in [-0.39, 0.29) is 12.0 Å². The zero-order chi connectivity index (χ0) is 19.1. The van der Waals surface area contributed by atoms with E-state index < -0.39 is 0 Å². The Kier molecular flexibility index (Phi) is 6.26. The summed E-state index contributed by atoms with van der Waals surface area (Å²) in [6.07, 6.45) is 0.665. The van der Waals surface area contributed by atoms with E-state index >= 15 is 0 Å². The van der Waals surface area contributed by atoms with Crippen molar-refractivity contribution in [1.82, 2.24) is 0 Å². The minimum Gasteiger partial charge on any atom is -0.489 e. The highest BCUT2D eigenvalue weighted by Crippen LogP contribution is 2.33. The first-order valence-electron chi connectivity index (χ1n) is 9.16. The topological polar surface area (TPSA) is 35.5 Å². The van der Waals surface area contributed by atoms with Crippen LogP contribution in [0, 0.1) is 0 Å². The number of carbonyl (C=O) groups excluding carboxylic acids is 1. The van der Waals surface area contributed by atoms with Crippen molar-refractivity contribution in [2.24, 2.45) is 0 Å². The molecular weight excluding hydrogens is 336 g/mol. The second-order valence-corrected chi connectivity index (χ2v) is 6.62. The molecule has 0 aromatic heterocycles. The molecule has 27 heavy (non-hydrogen) atoms. The van der Waals surface area contributed by atoms with Crippen molar-refractivity contribution in [3.05, 3.63) is 95.6 Å². The summed E-state index contributed by atoms with van der Waals surface area (Å²) >= 11 is 0. The van der Waals surface area contributed by atoms with Crippen molar-refractivity contribution in [3.8, 4) is 11.5 Å². The fourth-order valence-electron chi connectivity index (χ4n) is 2.88. The molecule has 3 rings (SSSR count). The summed E-state index contributed by atoms with van der Waals surface area (Å²) in [5, 5.41) is 0. The average Bonchev–Trinajstić information content (AvgIpc) is 2.73. The lowest BCUT2D eigenvalue weighted by molar-refractivity contribution is 0.112. The van der Waals surface area contributed by atoms with Gasteiger partial charge in [0.25, 0.3) is 0 Å². The molecule has 138 valence electrons. The van der Waals surface area contributed by atoms with Crippen LogP contribution < -0.4 is 9.47 Å². The Morgan fingerprint density at radius 1 is 0.815 bits per heavy atom. The molecule has 0 aliphatic carbocycles. The Hall–Kier alpha value is -3.07. The van der Waals surface area contributed by atoms with Crippen LogP contribution in [-0.2, 0) is 0 Å². The summed E-state index contributed by atoms with van der Waals surface area (Å²) in [6.45, 7) is 4.64. The highest BCUT2D eigenvalue weighted by atomic mass is 16.5. The third-order valence-corrected chi connectivity index (χ3v) is 4.53. The Morgan fingerprint density at radius 2 is 1.44 bits per heavy atom. The van der Waals surface area contributed by atoms with Gasteiger partial charge in [0.1, 0.15) is 12.4 Å². The molecule has 3 heteroatoms. The number of benzene rings is 3. The van der Waals surface area contributed by atoms with Crippen LogP contribution in [0.5, 0.6) is 11.5 Å². The van der Waals surface area contributed by atoms with Gasteiger partial charge >= 0.3 is 0 Å². The maximum Gasteiger partial charge on any atom is 0.162 e. The molecule has 0 fully saturated rings. The Balaban J connectivity index is 1.75. The van der Waals surface area contributed by atoms with Gasteiger partial charge in [-0.3, -0.25) is 4.79 Å². The van der Waals surface area contributed by atoms with Crippen LogP contribution in [0.4, 0.5) is 0 Å². The van der Waals surface area contributed by atoms with Gasteiger partial charge in [-0.1, -0.05) is 67.6 Å². The molecule has 0 saturated heterocycles. The van der Waals surface area contributed by atoms with Gasteiger partial charge in [-0.15, -0.1) is 0 Å². The summed E-state index contributed by atoms with van der Waals surface area (Å²) in [4.78, 5) is 11.2. The predicted molar refractivity (Wildman–Crippen MR) is 108 cm³/mol. The lowest BCUT2D eigenvalue weighted by Crippen LogP contribution is -2.09. The second-order valence-electron chi connectivity index (χ2n) is 6.62. The number of aldehydes is 1. The van der Waals surface area contributed by atoms with E-state index in [1.165, 1.54) is 5.56 Å². The van der Waals surface area contributed by atoms with Crippen LogP contribution in [0.25, 0.3) is 0 Å². The molecule has 0 aliphatic rings. The van der Waals surface area contributed by atoms with Crippen LogP contribution in [0.2, 0.25) is 0 Å². The van der Waals surface area contributed by atoms with Gasteiger partial charge in [0.05, 0.1) is 6.61 Å². The van der Waals surface area contributed by atoms with Gasteiger partial charge in [-0.25, -0.2) is 0 Å². The van der Waals surface area contributed by atoms with E-state index in [4.69, 9.17) is 9.47 Å². The summed E-state index contributed by atoms with van der Waals surface area (Å²) in [5.74, 6) is 1.47.